The highest BCUT2D eigenvalue weighted by Crippen LogP contribution is 2.19. The van der Waals surface area contributed by atoms with E-state index in [0.717, 1.165) is 43.2 Å². The molecule has 0 aromatic heterocycles. The molecule has 0 aliphatic carbocycles. The lowest BCUT2D eigenvalue weighted by Crippen LogP contribution is -2.46. The summed E-state index contributed by atoms with van der Waals surface area (Å²) in [4.78, 5) is 17.0. The average Bonchev–Trinajstić information content (AvgIpc) is 2.78. The van der Waals surface area contributed by atoms with E-state index in [1.54, 1.807) is 7.11 Å². The Hall–Kier alpha value is -1.20. The molecule has 5 heteroatoms. The van der Waals surface area contributed by atoms with E-state index in [9.17, 15) is 4.79 Å². The van der Waals surface area contributed by atoms with Gasteiger partial charge in [0.1, 0.15) is 5.75 Å². The van der Waals surface area contributed by atoms with Crippen LogP contribution in [0.1, 0.15) is 18.4 Å². The fourth-order valence-electron chi connectivity index (χ4n) is 2.92. The van der Waals surface area contributed by atoms with Gasteiger partial charge < -0.3 is 14.5 Å². The fourth-order valence-corrected chi connectivity index (χ4v) is 3.97. The van der Waals surface area contributed by atoms with Gasteiger partial charge in [0.2, 0.25) is 5.91 Å². The molecule has 1 atom stereocenters. The van der Waals surface area contributed by atoms with Gasteiger partial charge in [-0.15, -0.1) is 0 Å². The van der Waals surface area contributed by atoms with E-state index < -0.39 is 0 Å². The molecule has 1 heterocycles. The van der Waals surface area contributed by atoms with Crippen molar-refractivity contribution >= 4 is 17.7 Å². The monoisotopic (exact) mass is 336 g/mol. The first-order valence-corrected chi connectivity index (χ1v) is 9.40. The third-order valence-electron chi connectivity index (χ3n) is 4.12. The minimum Gasteiger partial charge on any atom is -0.497 e. The number of carbonyl (C=O) groups excluding carboxylic acids is 1. The van der Waals surface area contributed by atoms with Crippen molar-refractivity contribution in [2.45, 2.75) is 25.3 Å². The highest BCUT2D eigenvalue weighted by Gasteiger charge is 2.25. The van der Waals surface area contributed by atoms with E-state index in [1.165, 1.54) is 5.56 Å². The van der Waals surface area contributed by atoms with Crippen LogP contribution in [0.5, 0.6) is 5.75 Å². The van der Waals surface area contributed by atoms with Crippen molar-refractivity contribution < 1.29 is 9.53 Å². The van der Waals surface area contributed by atoms with Crippen LogP contribution < -0.4 is 4.74 Å². The molecule has 4 nitrogen and oxygen atoms in total. The van der Waals surface area contributed by atoms with Gasteiger partial charge in [0, 0.05) is 25.3 Å². The predicted octanol–water partition coefficient (Wildman–Crippen LogP) is 2.52. The molecule has 1 aliphatic heterocycles. The average molecular weight is 337 g/mol. The predicted molar refractivity (Wildman–Crippen MR) is 97.3 cm³/mol. The smallest absolute Gasteiger partial charge is 0.223 e. The maximum Gasteiger partial charge on any atom is 0.223 e. The van der Waals surface area contributed by atoms with Gasteiger partial charge in [-0.05, 0) is 50.4 Å². The second-order valence-corrected chi connectivity index (χ2v) is 7.43. The van der Waals surface area contributed by atoms with Crippen molar-refractivity contribution in [1.82, 2.24) is 9.80 Å². The minimum absolute atomic E-state index is 0.287. The number of carbonyl (C=O) groups is 1. The summed E-state index contributed by atoms with van der Waals surface area (Å²) in [6.45, 7) is 1.84. The third kappa shape index (κ3) is 5.74. The lowest BCUT2D eigenvalue weighted by molar-refractivity contribution is -0.133. The van der Waals surface area contributed by atoms with E-state index in [0.29, 0.717) is 12.5 Å². The Bertz CT molecular complexity index is 490. The van der Waals surface area contributed by atoms with Gasteiger partial charge in [-0.25, -0.2) is 0 Å². The first kappa shape index (κ1) is 18.1. The summed E-state index contributed by atoms with van der Waals surface area (Å²) < 4.78 is 5.17. The standard InChI is InChI=1S/C18H28N2O2S/c1-19(2)13-16-14-23-12-4-11-20(16)18(21)10-7-15-5-8-17(22-3)9-6-15/h5-6,8-9,16H,4,7,10-14H2,1-3H3/t16-/m0/s1. The first-order valence-electron chi connectivity index (χ1n) is 8.25. The number of amides is 1. The lowest BCUT2D eigenvalue weighted by atomic mass is 10.1. The minimum atomic E-state index is 0.287. The molecule has 1 amide bonds. The Morgan fingerprint density at radius 3 is 2.74 bits per heavy atom. The van der Waals surface area contributed by atoms with Crippen molar-refractivity contribution in [3.8, 4) is 5.75 Å². The molecule has 0 radical (unpaired) electrons. The molecule has 23 heavy (non-hydrogen) atoms. The summed E-state index contributed by atoms with van der Waals surface area (Å²) in [6, 6.07) is 8.33. The molecule has 1 aliphatic rings. The summed E-state index contributed by atoms with van der Waals surface area (Å²) in [7, 11) is 5.83. The largest absolute Gasteiger partial charge is 0.497 e. The normalized spacial score (nSPS) is 18.8. The van der Waals surface area contributed by atoms with Crippen LogP contribution in [0.15, 0.2) is 24.3 Å². The second-order valence-electron chi connectivity index (χ2n) is 6.28. The Labute approximate surface area is 144 Å². The number of benzene rings is 1. The zero-order valence-corrected chi connectivity index (χ0v) is 15.3. The molecule has 0 bridgehead atoms. The van der Waals surface area contributed by atoms with Crippen LogP contribution in [0.25, 0.3) is 0 Å². The molecular formula is C18H28N2O2S. The number of methoxy groups -OCH3 is 1. The van der Waals surface area contributed by atoms with Crippen LogP contribution >= 0.6 is 11.8 Å². The number of rotatable bonds is 6. The second kappa shape index (κ2) is 9.18. The van der Waals surface area contributed by atoms with E-state index in [1.807, 2.05) is 36.0 Å². The molecule has 1 fully saturated rings. The van der Waals surface area contributed by atoms with E-state index in [4.69, 9.17) is 4.74 Å². The molecule has 1 aromatic rings. The highest BCUT2D eigenvalue weighted by molar-refractivity contribution is 7.99. The van der Waals surface area contributed by atoms with E-state index in [2.05, 4.69) is 23.9 Å². The fraction of sp³-hybridized carbons (Fsp3) is 0.611. The van der Waals surface area contributed by atoms with Gasteiger partial charge in [-0.1, -0.05) is 12.1 Å². The molecule has 128 valence electrons. The maximum absolute atomic E-state index is 12.7. The number of nitrogens with zero attached hydrogens (tertiary/aromatic N) is 2. The van der Waals surface area contributed by atoms with Crippen LogP contribution in [-0.2, 0) is 11.2 Å². The topological polar surface area (TPSA) is 32.8 Å². The number of thioether (sulfide) groups is 1. The molecule has 0 spiro atoms. The van der Waals surface area contributed by atoms with Crippen LogP contribution in [0.3, 0.4) is 0 Å². The zero-order chi connectivity index (χ0) is 16.7. The lowest BCUT2D eigenvalue weighted by Gasteiger charge is -2.31. The van der Waals surface area contributed by atoms with Crippen molar-refractivity contribution in [2.24, 2.45) is 0 Å². The summed E-state index contributed by atoms with van der Waals surface area (Å²) in [6.07, 6.45) is 2.48. The Morgan fingerprint density at radius 2 is 2.09 bits per heavy atom. The maximum atomic E-state index is 12.7. The zero-order valence-electron chi connectivity index (χ0n) is 14.5. The molecule has 2 rings (SSSR count). The van der Waals surface area contributed by atoms with Crippen LogP contribution in [0.2, 0.25) is 0 Å². The molecule has 0 saturated carbocycles. The van der Waals surface area contributed by atoms with Gasteiger partial charge >= 0.3 is 0 Å². The molecule has 0 unspecified atom stereocenters. The summed E-state index contributed by atoms with van der Waals surface area (Å²) in [5.41, 5.74) is 1.19. The Kier molecular flexibility index (Phi) is 7.24. The van der Waals surface area contributed by atoms with Gasteiger partial charge in [0.05, 0.1) is 13.2 Å². The van der Waals surface area contributed by atoms with E-state index >= 15 is 0 Å². The third-order valence-corrected chi connectivity index (χ3v) is 5.32. The molecular weight excluding hydrogens is 308 g/mol. The highest BCUT2D eigenvalue weighted by atomic mass is 32.2. The summed E-state index contributed by atoms with van der Waals surface area (Å²) in [5.74, 6) is 3.35. The van der Waals surface area contributed by atoms with Crippen molar-refractivity contribution in [2.75, 3.05) is 45.8 Å². The van der Waals surface area contributed by atoms with Crippen LogP contribution in [-0.4, -0.2) is 67.5 Å². The van der Waals surface area contributed by atoms with E-state index in [-0.39, 0.29) is 5.91 Å². The van der Waals surface area contributed by atoms with Crippen molar-refractivity contribution in [3.05, 3.63) is 29.8 Å². The first-order chi connectivity index (χ1) is 11.1. The number of ether oxygens (including phenoxy) is 1. The molecule has 0 N–H and O–H groups in total. The number of likely N-dealkylation sites (N-methyl/N-ethyl adjacent to an activating group) is 1. The van der Waals surface area contributed by atoms with Crippen molar-refractivity contribution in [1.29, 1.82) is 0 Å². The number of hydrogen-bond donors (Lipinski definition) is 0. The summed E-state index contributed by atoms with van der Waals surface area (Å²) in [5, 5.41) is 0. The SMILES string of the molecule is COc1ccc(CCC(=O)N2CCCSC[C@@H]2CN(C)C)cc1. The van der Waals surface area contributed by atoms with Gasteiger partial charge in [-0.3, -0.25) is 4.79 Å². The number of hydrogen-bond acceptors (Lipinski definition) is 4. The van der Waals surface area contributed by atoms with Gasteiger partial charge in [0.25, 0.3) is 0 Å². The summed E-state index contributed by atoms with van der Waals surface area (Å²) >= 11 is 1.97. The van der Waals surface area contributed by atoms with Crippen molar-refractivity contribution in [3.63, 3.8) is 0 Å². The Balaban J connectivity index is 1.92. The molecule has 1 saturated heterocycles. The van der Waals surface area contributed by atoms with Gasteiger partial charge in [-0.2, -0.15) is 11.8 Å². The molecule has 1 aromatic carbocycles. The number of aryl methyl sites for hydroxylation is 1. The van der Waals surface area contributed by atoms with Crippen LogP contribution in [0, 0.1) is 0 Å². The van der Waals surface area contributed by atoms with Crippen LogP contribution in [0.4, 0.5) is 0 Å². The van der Waals surface area contributed by atoms with Gasteiger partial charge in [0.15, 0.2) is 0 Å². The Morgan fingerprint density at radius 1 is 1.35 bits per heavy atom. The quantitative estimate of drug-likeness (QED) is 0.799.